The van der Waals surface area contributed by atoms with Crippen LogP contribution in [0.1, 0.15) is 0 Å². The molecule has 0 aliphatic heterocycles. The Morgan fingerprint density at radius 3 is 0.900 bits per heavy atom. The number of hydrogen-bond donors (Lipinski definition) is 0. The van der Waals surface area contributed by atoms with Gasteiger partial charge in [0.1, 0.15) is 0 Å². The largest absolute Gasteiger partial charge is 4.00 e. The first-order valence-electron chi connectivity index (χ1n) is 6.40. The van der Waals surface area contributed by atoms with Gasteiger partial charge in [-0.3, -0.25) is 0 Å². The zero-order chi connectivity index (χ0) is 12.9. The molecule has 0 amide bonds. The van der Waals surface area contributed by atoms with Crippen LogP contribution in [0.5, 0.6) is 0 Å². The molecule has 0 N–H and O–H groups in total. The molecule has 0 spiro atoms. The van der Waals surface area contributed by atoms with Crippen molar-refractivity contribution in [3.8, 4) is 0 Å². The van der Waals surface area contributed by atoms with Crippen molar-refractivity contribution in [2.75, 3.05) is 0 Å². The molecule has 20 heavy (non-hydrogen) atoms. The van der Waals surface area contributed by atoms with Crippen molar-refractivity contribution in [1.29, 1.82) is 0 Å². The van der Waals surface area contributed by atoms with Crippen LogP contribution in [0.25, 0.3) is 0 Å². The molecule has 0 radical (unpaired) electrons. The van der Waals surface area contributed by atoms with Crippen LogP contribution in [0.2, 0.25) is 0 Å². The summed E-state index contributed by atoms with van der Waals surface area (Å²) in [5, 5.41) is 4.19. The van der Waals surface area contributed by atoms with Crippen LogP contribution in [0.4, 0.5) is 0 Å². The minimum absolute atomic E-state index is 0. The summed E-state index contributed by atoms with van der Waals surface area (Å²) in [5.74, 6) is 0. The Balaban J connectivity index is 0.00000147. The molecule has 0 saturated carbocycles. The average molecular weight is 369 g/mol. The summed E-state index contributed by atoms with van der Waals surface area (Å²) in [4.78, 5) is 0. The SMILES string of the molecule is [Pd-4].c1ccc(P(c2ccccc2)c2ccccc2)cc1. The summed E-state index contributed by atoms with van der Waals surface area (Å²) in [6, 6.07) is 32.3. The Morgan fingerprint density at radius 2 is 0.650 bits per heavy atom. The number of hydrogen-bond acceptors (Lipinski definition) is 0. The van der Waals surface area contributed by atoms with Gasteiger partial charge in [0.05, 0.1) is 0 Å². The van der Waals surface area contributed by atoms with Gasteiger partial charge in [0.2, 0.25) is 0 Å². The fourth-order valence-corrected chi connectivity index (χ4v) is 4.48. The van der Waals surface area contributed by atoms with Crippen LogP contribution in [-0.4, -0.2) is 0 Å². The topological polar surface area (TPSA) is 0 Å². The quantitative estimate of drug-likeness (QED) is 0.491. The van der Waals surface area contributed by atoms with E-state index in [2.05, 4.69) is 91.0 Å². The van der Waals surface area contributed by atoms with E-state index in [4.69, 9.17) is 0 Å². The van der Waals surface area contributed by atoms with Gasteiger partial charge in [-0.2, -0.15) is 0 Å². The third-order valence-corrected chi connectivity index (χ3v) is 5.49. The average Bonchev–Trinajstić information content (AvgIpc) is 2.51. The molecule has 0 heterocycles. The Morgan fingerprint density at radius 1 is 0.400 bits per heavy atom. The molecule has 2 heteroatoms. The van der Waals surface area contributed by atoms with E-state index < -0.39 is 7.92 Å². The molecule has 0 aliphatic rings. The zero-order valence-corrected chi connectivity index (χ0v) is 13.4. The van der Waals surface area contributed by atoms with Crippen molar-refractivity contribution in [2.45, 2.75) is 0 Å². The molecule has 0 atom stereocenters. The molecular weight excluding hydrogens is 354 g/mol. The van der Waals surface area contributed by atoms with E-state index in [0.29, 0.717) is 0 Å². The Bertz CT molecular complexity index is 529. The summed E-state index contributed by atoms with van der Waals surface area (Å²) in [6.07, 6.45) is 0. The fraction of sp³-hybridized carbons (Fsp3) is 0. The van der Waals surface area contributed by atoms with E-state index in [-0.39, 0.29) is 20.4 Å². The van der Waals surface area contributed by atoms with Crippen molar-refractivity contribution in [3.63, 3.8) is 0 Å². The van der Waals surface area contributed by atoms with Crippen LogP contribution in [0.3, 0.4) is 0 Å². The maximum atomic E-state index is 2.23. The van der Waals surface area contributed by atoms with Gasteiger partial charge in [-0.1, -0.05) is 91.0 Å². The summed E-state index contributed by atoms with van der Waals surface area (Å²) in [5.41, 5.74) is 0. The van der Waals surface area contributed by atoms with Crippen molar-refractivity contribution in [3.05, 3.63) is 91.0 Å². The van der Waals surface area contributed by atoms with E-state index in [1.807, 2.05) is 0 Å². The van der Waals surface area contributed by atoms with Crippen LogP contribution >= 0.6 is 7.92 Å². The van der Waals surface area contributed by atoms with Gasteiger partial charge in [-0.05, 0) is 23.8 Å². The second kappa shape index (κ2) is 7.51. The van der Waals surface area contributed by atoms with Crippen LogP contribution in [0.15, 0.2) is 91.0 Å². The maximum absolute atomic E-state index is 2.23. The van der Waals surface area contributed by atoms with E-state index in [0.717, 1.165) is 0 Å². The Labute approximate surface area is 135 Å². The molecule has 3 aromatic carbocycles. The monoisotopic (exact) mass is 368 g/mol. The predicted molar refractivity (Wildman–Crippen MR) is 85.1 cm³/mol. The van der Waals surface area contributed by atoms with Crippen molar-refractivity contribution in [2.24, 2.45) is 0 Å². The number of rotatable bonds is 3. The van der Waals surface area contributed by atoms with Gasteiger partial charge >= 0.3 is 0 Å². The maximum Gasteiger partial charge on any atom is -0.0134 e. The third-order valence-electron chi connectivity index (χ3n) is 3.04. The van der Waals surface area contributed by atoms with Gasteiger partial charge in [-0.25, -0.2) is 0 Å². The molecule has 0 aromatic heterocycles. The van der Waals surface area contributed by atoms with Gasteiger partial charge in [0.15, 0.2) is 0 Å². The molecule has 0 saturated heterocycles. The summed E-state index contributed by atoms with van der Waals surface area (Å²) in [6.45, 7) is 0. The van der Waals surface area contributed by atoms with Crippen molar-refractivity contribution >= 4 is 23.8 Å². The Hall–Kier alpha value is -1.25. The summed E-state index contributed by atoms with van der Waals surface area (Å²) < 4.78 is 0. The number of benzene rings is 3. The third kappa shape index (κ3) is 3.44. The Kier molecular flexibility index (Phi) is 5.69. The second-order valence-electron chi connectivity index (χ2n) is 4.34. The predicted octanol–water partition coefficient (Wildman–Crippen LogP) is 3.44. The molecule has 3 aromatic rings. The second-order valence-corrected chi connectivity index (χ2v) is 6.56. The molecule has 0 nitrogen and oxygen atoms in total. The van der Waals surface area contributed by atoms with E-state index in [1.54, 1.807) is 0 Å². The molecule has 0 bridgehead atoms. The zero-order valence-electron chi connectivity index (χ0n) is 10.9. The van der Waals surface area contributed by atoms with Crippen molar-refractivity contribution < 1.29 is 20.4 Å². The minimum atomic E-state index is -0.446. The van der Waals surface area contributed by atoms with Gasteiger partial charge in [0.25, 0.3) is 0 Å². The molecule has 106 valence electrons. The molecule has 3 rings (SSSR count). The van der Waals surface area contributed by atoms with Crippen LogP contribution in [-0.2, 0) is 20.4 Å². The van der Waals surface area contributed by atoms with Crippen LogP contribution in [0, 0.1) is 0 Å². The summed E-state index contributed by atoms with van der Waals surface area (Å²) >= 11 is 0. The first-order chi connectivity index (χ1) is 9.45. The fourth-order valence-electron chi connectivity index (χ4n) is 2.18. The molecule has 0 unspecified atom stereocenters. The smallest absolute Gasteiger partial charge is 0.0134 e. The molecule has 0 fully saturated rings. The van der Waals surface area contributed by atoms with E-state index >= 15 is 0 Å². The molecular formula is C18H15PPd-4. The molecule has 0 aliphatic carbocycles. The summed E-state index contributed by atoms with van der Waals surface area (Å²) in [7, 11) is -0.446. The van der Waals surface area contributed by atoms with Crippen molar-refractivity contribution in [1.82, 2.24) is 0 Å². The van der Waals surface area contributed by atoms with Gasteiger partial charge < -0.3 is 20.4 Å². The minimum Gasteiger partial charge on any atom is -4.00 e. The van der Waals surface area contributed by atoms with Crippen LogP contribution < -0.4 is 15.9 Å². The van der Waals surface area contributed by atoms with Gasteiger partial charge in [-0.15, -0.1) is 0 Å². The normalized spacial score (nSPS) is 10.1. The first-order valence-corrected chi connectivity index (χ1v) is 7.74. The standard InChI is InChI=1S/C18H15P.Pd/c1-4-10-16(11-5-1)19(17-12-6-2-7-13-17)18-14-8-3-9-15-18;/h1-15H;/q;-4. The van der Waals surface area contributed by atoms with Gasteiger partial charge in [0, 0.05) is 0 Å². The van der Waals surface area contributed by atoms with E-state index in [1.165, 1.54) is 15.9 Å². The van der Waals surface area contributed by atoms with E-state index in [9.17, 15) is 0 Å². The first kappa shape index (κ1) is 15.1.